The first-order valence-electron chi connectivity index (χ1n) is 6.61. The van der Waals surface area contributed by atoms with Crippen molar-refractivity contribution >= 4 is 11.6 Å². The first kappa shape index (κ1) is 13.7. The molecule has 1 amide bonds. The fourth-order valence-electron chi connectivity index (χ4n) is 1.95. The SMILES string of the molecule is CNC(=O)c1nccc(Oc2ccccc2)c1N1NC=CO1. The van der Waals surface area contributed by atoms with Crippen molar-refractivity contribution < 1.29 is 14.4 Å². The highest BCUT2D eigenvalue weighted by Gasteiger charge is 2.25. The van der Waals surface area contributed by atoms with Crippen molar-refractivity contribution in [3.63, 3.8) is 0 Å². The first-order valence-corrected chi connectivity index (χ1v) is 6.61. The van der Waals surface area contributed by atoms with Gasteiger partial charge in [-0.3, -0.25) is 10.2 Å². The summed E-state index contributed by atoms with van der Waals surface area (Å²) in [6.45, 7) is 0. The fourth-order valence-corrected chi connectivity index (χ4v) is 1.95. The third-order valence-electron chi connectivity index (χ3n) is 2.93. The van der Waals surface area contributed by atoms with Crippen molar-refractivity contribution in [3.8, 4) is 11.5 Å². The Morgan fingerprint density at radius 1 is 1.32 bits per heavy atom. The molecule has 7 nitrogen and oxygen atoms in total. The summed E-state index contributed by atoms with van der Waals surface area (Å²) in [4.78, 5) is 21.4. The minimum atomic E-state index is -0.342. The average molecular weight is 298 g/mol. The number of rotatable bonds is 4. The zero-order chi connectivity index (χ0) is 15.4. The molecule has 1 aliphatic rings. The quantitative estimate of drug-likeness (QED) is 0.898. The van der Waals surface area contributed by atoms with E-state index in [-0.39, 0.29) is 11.6 Å². The maximum Gasteiger partial charge on any atom is 0.272 e. The summed E-state index contributed by atoms with van der Waals surface area (Å²) in [5.74, 6) is 0.742. The Morgan fingerprint density at radius 2 is 2.14 bits per heavy atom. The number of nitrogens with one attached hydrogen (secondary N) is 2. The summed E-state index contributed by atoms with van der Waals surface area (Å²) in [5.41, 5.74) is 3.42. The first-order chi connectivity index (χ1) is 10.8. The van der Waals surface area contributed by atoms with Crippen molar-refractivity contribution in [1.82, 2.24) is 15.7 Å². The predicted molar refractivity (Wildman–Crippen MR) is 80.0 cm³/mol. The van der Waals surface area contributed by atoms with Gasteiger partial charge in [0.15, 0.2) is 17.1 Å². The molecular formula is C15H14N4O3. The molecule has 0 radical (unpaired) electrons. The monoisotopic (exact) mass is 298 g/mol. The normalized spacial score (nSPS) is 12.5. The summed E-state index contributed by atoms with van der Waals surface area (Å²) >= 11 is 0. The maximum atomic E-state index is 12.0. The molecule has 1 aliphatic heterocycles. The van der Waals surface area contributed by atoms with Gasteiger partial charge in [0.2, 0.25) is 0 Å². The van der Waals surface area contributed by atoms with E-state index in [2.05, 4.69) is 15.7 Å². The highest BCUT2D eigenvalue weighted by Crippen LogP contribution is 2.34. The Kier molecular flexibility index (Phi) is 3.78. The number of hydrazine groups is 1. The lowest BCUT2D eigenvalue weighted by atomic mass is 10.2. The van der Waals surface area contributed by atoms with Crippen molar-refractivity contribution in [2.24, 2.45) is 0 Å². The molecule has 0 bridgehead atoms. The van der Waals surface area contributed by atoms with Gasteiger partial charge < -0.3 is 14.9 Å². The zero-order valence-corrected chi connectivity index (χ0v) is 11.8. The number of nitrogens with zero attached hydrogens (tertiary/aromatic N) is 2. The molecule has 3 rings (SSSR count). The number of amides is 1. The summed E-state index contributed by atoms with van der Waals surface area (Å²) in [7, 11) is 1.54. The number of hydrogen-bond donors (Lipinski definition) is 2. The van der Waals surface area contributed by atoms with Crippen molar-refractivity contribution in [1.29, 1.82) is 0 Å². The molecule has 0 saturated heterocycles. The van der Waals surface area contributed by atoms with E-state index in [4.69, 9.17) is 9.57 Å². The average Bonchev–Trinajstić information content (AvgIpc) is 3.09. The van der Waals surface area contributed by atoms with E-state index < -0.39 is 0 Å². The van der Waals surface area contributed by atoms with Gasteiger partial charge >= 0.3 is 0 Å². The number of pyridine rings is 1. The van der Waals surface area contributed by atoms with Gasteiger partial charge in [-0.15, -0.1) is 5.17 Å². The maximum absolute atomic E-state index is 12.0. The van der Waals surface area contributed by atoms with Gasteiger partial charge in [0.1, 0.15) is 12.0 Å². The number of ether oxygens (including phenoxy) is 1. The molecule has 2 N–H and O–H groups in total. The Balaban J connectivity index is 2.02. The second-order valence-electron chi connectivity index (χ2n) is 4.33. The van der Waals surface area contributed by atoms with Crippen LogP contribution in [0.3, 0.4) is 0 Å². The molecule has 0 fully saturated rings. The minimum Gasteiger partial charge on any atom is -0.455 e. The van der Waals surface area contributed by atoms with Crippen LogP contribution in [0.25, 0.3) is 0 Å². The smallest absolute Gasteiger partial charge is 0.272 e. The van der Waals surface area contributed by atoms with E-state index in [0.29, 0.717) is 17.2 Å². The van der Waals surface area contributed by atoms with Gasteiger partial charge in [0, 0.05) is 19.3 Å². The molecule has 22 heavy (non-hydrogen) atoms. The molecule has 0 unspecified atom stereocenters. The number of para-hydroxylation sites is 1. The number of aromatic nitrogens is 1. The second-order valence-corrected chi connectivity index (χ2v) is 4.33. The molecule has 7 heteroatoms. The second kappa shape index (κ2) is 6.04. The van der Waals surface area contributed by atoms with Crippen LogP contribution in [0.1, 0.15) is 10.5 Å². The Labute approximate surface area is 127 Å². The van der Waals surface area contributed by atoms with Gasteiger partial charge in [-0.25, -0.2) is 4.98 Å². The Bertz CT molecular complexity index is 695. The van der Waals surface area contributed by atoms with Gasteiger partial charge in [-0.2, -0.15) is 0 Å². The van der Waals surface area contributed by atoms with Crippen LogP contribution in [-0.4, -0.2) is 17.9 Å². The van der Waals surface area contributed by atoms with E-state index in [9.17, 15) is 4.79 Å². The number of carbonyl (C=O) groups is 1. The zero-order valence-electron chi connectivity index (χ0n) is 11.8. The van der Waals surface area contributed by atoms with Gasteiger partial charge in [-0.1, -0.05) is 18.2 Å². The van der Waals surface area contributed by atoms with Crippen molar-refractivity contribution in [3.05, 3.63) is 60.8 Å². The number of benzene rings is 1. The molecule has 2 aromatic rings. The van der Waals surface area contributed by atoms with Crippen LogP contribution in [0.2, 0.25) is 0 Å². The van der Waals surface area contributed by atoms with E-state index in [1.807, 2.05) is 30.3 Å². The number of carbonyl (C=O) groups excluding carboxylic acids is 1. The van der Waals surface area contributed by atoms with Crippen LogP contribution < -0.4 is 20.7 Å². The Morgan fingerprint density at radius 3 is 2.82 bits per heavy atom. The lowest BCUT2D eigenvalue weighted by Crippen LogP contribution is -2.32. The topological polar surface area (TPSA) is 75.7 Å². The molecule has 2 heterocycles. The standard InChI is InChI=1S/C15H14N4O3/c1-16-15(20)13-14(19-18-9-10-21-19)12(7-8-17-13)22-11-5-3-2-4-6-11/h2-10,18H,1H3,(H,16,20). The van der Waals surface area contributed by atoms with E-state index in [1.54, 1.807) is 12.3 Å². The summed E-state index contributed by atoms with van der Waals surface area (Å²) < 4.78 is 5.85. The highest BCUT2D eigenvalue weighted by atomic mass is 16.7. The number of anilines is 1. The lowest BCUT2D eigenvalue weighted by Gasteiger charge is -2.21. The fraction of sp³-hybridized carbons (Fsp3) is 0.0667. The molecule has 0 saturated carbocycles. The van der Waals surface area contributed by atoms with Crippen LogP contribution in [0.4, 0.5) is 5.69 Å². The van der Waals surface area contributed by atoms with E-state index >= 15 is 0 Å². The van der Waals surface area contributed by atoms with Gasteiger partial charge in [-0.05, 0) is 12.1 Å². The molecule has 1 aromatic heterocycles. The van der Waals surface area contributed by atoms with Crippen LogP contribution in [0.5, 0.6) is 11.5 Å². The molecule has 0 spiro atoms. The molecule has 0 atom stereocenters. The van der Waals surface area contributed by atoms with Crippen LogP contribution in [0, 0.1) is 0 Å². The highest BCUT2D eigenvalue weighted by molar-refractivity contribution is 5.98. The van der Waals surface area contributed by atoms with E-state index in [1.165, 1.54) is 24.7 Å². The summed E-state index contributed by atoms with van der Waals surface area (Å²) in [5, 5.41) is 3.86. The molecule has 1 aromatic carbocycles. The van der Waals surface area contributed by atoms with Crippen molar-refractivity contribution in [2.45, 2.75) is 0 Å². The molecule has 112 valence electrons. The summed E-state index contributed by atoms with van der Waals surface area (Å²) in [6.07, 6.45) is 4.55. The summed E-state index contributed by atoms with van der Waals surface area (Å²) in [6, 6.07) is 10.9. The van der Waals surface area contributed by atoms with Crippen LogP contribution in [-0.2, 0) is 4.84 Å². The molecular weight excluding hydrogens is 284 g/mol. The largest absolute Gasteiger partial charge is 0.455 e. The number of hydrogen-bond acceptors (Lipinski definition) is 6. The van der Waals surface area contributed by atoms with Crippen LogP contribution >= 0.6 is 0 Å². The van der Waals surface area contributed by atoms with Crippen molar-refractivity contribution in [2.75, 3.05) is 12.2 Å². The Hall–Kier alpha value is -3.22. The van der Waals surface area contributed by atoms with Gasteiger partial charge in [0.05, 0.1) is 6.20 Å². The molecule has 0 aliphatic carbocycles. The minimum absolute atomic E-state index is 0.187. The lowest BCUT2D eigenvalue weighted by molar-refractivity contribution is 0.0955. The predicted octanol–water partition coefficient (Wildman–Crippen LogP) is 1.96. The third-order valence-corrected chi connectivity index (χ3v) is 2.93. The van der Waals surface area contributed by atoms with Crippen LogP contribution in [0.15, 0.2) is 55.1 Å². The van der Waals surface area contributed by atoms with Gasteiger partial charge in [0.25, 0.3) is 5.91 Å². The van der Waals surface area contributed by atoms with E-state index in [0.717, 1.165) is 0 Å². The third kappa shape index (κ3) is 2.64.